The lowest BCUT2D eigenvalue weighted by Gasteiger charge is -2.11. The van der Waals surface area contributed by atoms with Crippen LogP contribution in [0.2, 0.25) is 0 Å². The van der Waals surface area contributed by atoms with Crippen molar-refractivity contribution in [1.29, 1.82) is 5.26 Å². The van der Waals surface area contributed by atoms with Crippen LogP contribution in [0, 0.1) is 11.3 Å². The van der Waals surface area contributed by atoms with Crippen LogP contribution in [0.5, 0.6) is 0 Å². The van der Waals surface area contributed by atoms with Gasteiger partial charge < -0.3 is 0 Å². The van der Waals surface area contributed by atoms with E-state index in [1.165, 1.54) is 5.56 Å². The first-order chi connectivity index (χ1) is 8.15. The van der Waals surface area contributed by atoms with Crippen molar-refractivity contribution < 1.29 is 0 Å². The maximum atomic E-state index is 8.71. The molecule has 0 bridgehead atoms. The van der Waals surface area contributed by atoms with Crippen LogP contribution in [0.1, 0.15) is 37.5 Å². The summed E-state index contributed by atoms with van der Waals surface area (Å²) < 4.78 is 0. The van der Waals surface area contributed by atoms with Crippen molar-refractivity contribution in [3.05, 3.63) is 28.8 Å². The molecule has 0 aliphatic carbocycles. The van der Waals surface area contributed by atoms with Crippen LogP contribution in [-0.4, -0.2) is 5.17 Å². The Bertz CT molecular complexity index is 445. The normalized spacial score (nSPS) is 11.4. The zero-order valence-electron chi connectivity index (χ0n) is 10.5. The Kier molecular flexibility index (Phi) is 5.18. The van der Waals surface area contributed by atoms with Gasteiger partial charge in [-0.15, -0.1) is 0 Å². The number of aliphatic imine (C=N–C) groups is 1. The van der Waals surface area contributed by atoms with Gasteiger partial charge in [-0.2, -0.15) is 5.26 Å². The fraction of sp³-hybridized carbons (Fsp3) is 0.429. The third-order valence-corrected chi connectivity index (χ3v) is 2.97. The Labute approximate surface area is 108 Å². The van der Waals surface area contributed by atoms with E-state index in [0.717, 1.165) is 36.1 Å². The van der Waals surface area contributed by atoms with E-state index in [0.29, 0.717) is 0 Å². The highest BCUT2D eigenvalue weighted by Gasteiger charge is 2.08. The van der Waals surface area contributed by atoms with E-state index in [9.17, 15) is 0 Å². The van der Waals surface area contributed by atoms with Crippen LogP contribution in [0.25, 0.3) is 0 Å². The molecule has 0 aliphatic heterocycles. The monoisotopic (exact) mass is 248 g/mol. The molecule has 1 aromatic carbocycles. The number of benzene rings is 1. The molecule has 3 heteroatoms. The number of nitriles is 1. The lowest BCUT2D eigenvalue weighted by atomic mass is 9.98. The average Bonchev–Trinajstić information content (AvgIpc) is 2.38. The third-order valence-electron chi connectivity index (χ3n) is 2.80. The summed E-state index contributed by atoms with van der Waals surface area (Å²) in [7, 11) is 0. The van der Waals surface area contributed by atoms with E-state index >= 15 is 0 Å². The van der Waals surface area contributed by atoms with Crippen molar-refractivity contribution in [3.8, 4) is 6.07 Å². The minimum absolute atomic E-state index is 0.00125. The van der Waals surface area contributed by atoms with Crippen LogP contribution in [0.4, 0.5) is 5.69 Å². The fourth-order valence-electron chi connectivity index (χ4n) is 1.84. The summed E-state index contributed by atoms with van der Waals surface area (Å²) in [4.78, 5) is 4.22. The summed E-state index contributed by atoms with van der Waals surface area (Å²) >= 11 is 5.72. The molecule has 2 nitrogen and oxygen atoms in total. The molecule has 17 heavy (non-hydrogen) atoms. The molecule has 0 heterocycles. The number of nitrogens with zero attached hydrogens (tertiary/aromatic N) is 2. The van der Waals surface area contributed by atoms with Crippen LogP contribution in [0.3, 0.4) is 0 Å². The van der Waals surface area contributed by atoms with Crippen LogP contribution in [-0.2, 0) is 19.3 Å². The van der Waals surface area contributed by atoms with E-state index in [1.807, 2.05) is 6.07 Å². The smallest absolute Gasteiger partial charge is 0.207 e. The summed E-state index contributed by atoms with van der Waals surface area (Å²) in [6.45, 7) is 6.32. The molecule has 1 aromatic rings. The maximum Gasteiger partial charge on any atom is 0.207 e. The van der Waals surface area contributed by atoms with Gasteiger partial charge in [0.1, 0.15) is 6.07 Å². The van der Waals surface area contributed by atoms with Gasteiger partial charge in [0.25, 0.3) is 0 Å². The van der Waals surface area contributed by atoms with E-state index in [4.69, 9.17) is 16.9 Å². The minimum Gasteiger partial charge on any atom is -0.226 e. The minimum atomic E-state index is -0.00125. The van der Waals surface area contributed by atoms with Gasteiger partial charge in [0, 0.05) is 0 Å². The van der Waals surface area contributed by atoms with Gasteiger partial charge in [0.05, 0.1) is 5.69 Å². The van der Waals surface area contributed by atoms with Crippen LogP contribution >= 0.6 is 11.6 Å². The molecule has 0 N–H and O–H groups in total. The zero-order chi connectivity index (χ0) is 12.8. The van der Waals surface area contributed by atoms with Gasteiger partial charge in [-0.05, 0) is 36.0 Å². The fourth-order valence-corrected chi connectivity index (χ4v) is 1.93. The van der Waals surface area contributed by atoms with E-state index in [1.54, 1.807) is 0 Å². The van der Waals surface area contributed by atoms with Gasteiger partial charge in [0.2, 0.25) is 5.17 Å². The van der Waals surface area contributed by atoms with Crippen molar-refractivity contribution in [1.82, 2.24) is 0 Å². The van der Waals surface area contributed by atoms with E-state index in [2.05, 4.69) is 37.9 Å². The van der Waals surface area contributed by atoms with Gasteiger partial charge >= 0.3 is 0 Å². The third kappa shape index (κ3) is 3.31. The molecule has 0 aliphatic rings. The second-order valence-corrected chi connectivity index (χ2v) is 4.20. The molecule has 0 unspecified atom stereocenters. The predicted octanol–water partition coefficient (Wildman–Crippen LogP) is 4.17. The Morgan fingerprint density at radius 2 is 1.71 bits per heavy atom. The number of hydrogen-bond acceptors (Lipinski definition) is 2. The highest BCUT2D eigenvalue weighted by Crippen LogP contribution is 2.28. The van der Waals surface area contributed by atoms with Gasteiger partial charge in [-0.1, -0.05) is 44.5 Å². The molecule has 90 valence electrons. The van der Waals surface area contributed by atoms with Gasteiger partial charge in [0.15, 0.2) is 0 Å². The molecule has 0 fully saturated rings. The molecule has 0 atom stereocenters. The van der Waals surface area contributed by atoms with Crippen molar-refractivity contribution in [2.75, 3.05) is 0 Å². The lowest BCUT2D eigenvalue weighted by Crippen LogP contribution is -1.94. The Hall–Kier alpha value is -1.33. The summed E-state index contributed by atoms with van der Waals surface area (Å²) in [5.74, 6) is 0. The zero-order valence-corrected chi connectivity index (χ0v) is 11.3. The molecule has 0 spiro atoms. The number of hydrogen-bond donors (Lipinski definition) is 0. The Morgan fingerprint density at radius 1 is 1.18 bits per heavy atom. The van der Waals surface area contributed by atoms with Crippen LogP contribution < -0.4 is 0 Å². The summed E-state index contributed by atoms with van der Waals surface area (Å²) in [5.41, 5.74) is 4.51. The molecule has 0 saturated heterocycles. The standard InChI is InChI=1S/C14H17ClN2/c1-4-10-7-11(5-2)14(12(6-3)8-10)17-13(15)9-16/h7-8H,4-6H2,1-3H3. The highest BCUT2D eigenvalue weighted by molar-refractivity contribution is 6.69. The molecule has 1 rings (SSSR count). The van der Waals surface area contributed by atoms with Crippen molar-refractivity contribution in [2.45, 2.75) is 40.0 Å². The second-order valence-electron chi connectivity index (χ2n) is 3.84. The summed E-state index contributed by atoms with van der Waals surface area (Å²) in [6.07, 6.45) is 2.81. The van der Waals surface area contributed by atoms with Gasteiger partial charge in [-0.25, -0.2) is 4.99 Å². The SMILES string of the molecule is CCc1cc(CC)c(N=C(Cl)C#N)c(CC)c1. The lowest BCUT2D eigenvalue weighted by molar-refractivity contribution is 1.04. The average molecular weight is 249 g/mol. The first-order valence-corrected chi connectivity index (χ1v) is 6.32. The van der Waals surface area contributed by atoms with Crippen molar-refractivity contribution in [2.24, 2.45) is 4.99 Å². The molecule has 0 radical (unpaired) electrons. The second kappa shape index (κ2) is 6.42. The Balaban J connectivity index is 3.41. The van der Waals surface area contributed by atoms with Gasteiger partial charge in [-0.3, -0.25) is 0 Å². The topological polar surface area (TPSA) is 36.1 Å². The molecule has 0 saturated carbocycles. The number of rotatable bonds is 4. The number of halogens is 1. The van der Waals surface area contributed by atoms with Crippen molar-refractivity contribution in [3.63, 3.8) is 0 Å². The summed E-state index contributed by atoms with van der Waals surface area (Å²) in [6, 6.07) is 6.16. The van der Waals surface area contributed by atoms with E-state index in [-0.39, 0.29) is 5.17 Å². The predicted molar refractivity (Wildman–Crippen MR) is 73.1 cm³/mol. The first-order valence-electron chi connectivity index (χ1n) is 5.95. The first kappa shape index (κ1) is 13.7. The number of aryl methyl sites for hydroxylation is 3. The van der Waals surface area contributed by atoms with E-state index < -0.39 is 0 Å². The molecule has 0 amide bonds. The van der Waals surface area contributed by atoms with Crippen molar-refractivity contribution >= 4 is 22.5 Å². The quantitative estimate of drug-likeness (QED) is 0.737. The van der Waals surface area contributed by atoms with Crippen LogP contribution in [0.15, 0.2) is 17.1 Å². The largest absolute Gasteiger partial charge is 0.226 e. The summed E-state index contributed by atoms with van der Waals surface area (Å²) in [5, 5.41) is 8.71. The highest BCUT2D eigenvalue weighted by atomic mass is 35.5. The molecule has 0 aromatic heterocycles. The molecular weight excluding hydrogens is 232 g/mol. The molecular formula is C14H17ClN2. The maximum absolute atomic E-state index is 8.71. The Morgan fingerprint density at radius 3 is 2.06 bits per heavy atom.